The lowest BCUT2D eigenvalue weighted by atomic mass is 10.1. The van der Waals surface area contributed by atoms with Gasteiger partial charge in [-0.15, -0.1) is 0 Å². The highest BCUT2D eigenvalue weighted by Crippen LogP contribution is 2.22. The van der Waals surface area contributed by atoms with Gasteiger partial charge in [0.2, 0.25) is 5.91 Å². The molecule has 1 amide bonds. The van der Waals surface area contributed by atoms with E-state index < -0.39 is 0 Å². The Labute approximate surface area is 177 Å². The maximum Gasteiger partial charge on any atom is 0.246 e. The first-order valence-electron chi connectivity index (χ1n) is 10.3. The molecule has 4 rings (SSSR count). The average molecular weight is 402 g/mol. The predicted octanol–water partition coefficient (Wildman–Crippen LogP) is 4.63. The number of benzene rings is 3. The molecular formula is C25H27N3O2. The minimum atomic E-state index is -0.355. The van der Waals surface area contributed by atoms with E-state index in [0.717, 1.165) is 48.9 Å². The van der Waals surface area contributed by atoms with Crippen LogP contribution in [-0.4, -0.2) is 38.3 Å². The molecule has 5 heteroatoms. The van der Waals surface area contributed by atoms with E-state index in [2.05, 4.69) is 39.8 Å². The van der Waals surface area contributed by atoms with Crippen molar-refractivity contribution in [3.63, 3.8) is 0 Å². The van der Waals surface area contributed by atoms with Gasteiger partial charge in [-0.1, -0.05) is 42.5 Å². The van der Waals surface area contributed by atoms with E-state index in [9.17, 15) is 4.79 Å². The van der Waals surface area contributed by atoms with Gasteiger partial charge in [-0.05, 0) is 54.4 Å². The van der Waals surface area contributed by atoms with Crippen molar-refractivity contribution < 1.29 is 9.53 Å². The highest BCUT2D eigenvalue weighted by Gasteiger charge is 2.14. The smallest absolute Gasteiger partial charge is 0.246 e. The van der Waals surface area contributed by atoms with Gasteiger partial charge in [0.05, 0.1) is 13.2 Å². The third-order valence-corrected chi connectivity index (χ3v) is 5.28. The summed E-state index contributed by atoms with van der Waals surface area (Å²) in [6.45, 7) is 5.18. The van der Waals surface area contributed by atoms with Crippen molar-refractivity contribution in [1.29, 1.82) is 0 Å². The zero-order valence-electron chi connectivity index (χ0n) is 17.2. The molecule has 1 saturated heterocycles. The fourth-order valence-corrected chi connectivity index (χ4v) is 3.53. The molecule has 1 heterocycles. The number of rotatable bonds is 6. The molecule has 1 aliphatic heterocycles. The number of nitrogens with one attached hydrogen (secondary N) is 2. The van der Waals surface area contributed by atoms with Gasteiger partial charge in [0.15, 0.2) is 0 Å². The van der Waals surface area contributed by atoms with Crippen molar-refractivity contribution in [2.45, 2.75) is 13.0 Å². The molecule has 5 nitrogen and oxygen atoms in total. The molecule has 0 unspecified atom stereocenters. The summed E-state index contributed by atoms with van der Waals surface area (Å²) in [6, 6.07) is 26.0. The Morgan fingerprint density at radius 2 is 1.43 bits per heavy atom. The normalized spacial score (nSPS) is 14.8. The molecule has 0 bridgehead atoms. The first kappa shape index (κ1) is 20.0. The van der Waals surface area contributed by atoms with Crippen LogP contribution in [0.3, 0.4) is 0 Å². The number of amides is 1. The molecule has 3 aromatic carbocycles. The molecule has 1 fully saturated rings. The lowest BCUT2D eigenvalue weighted by Gasteiger charge is -2.29. The number of carbonyl (C=O) groups is 1. The highest BCUT2D eigenvalue weighted by atomic mass is 16.5. The fourth-order valence-electron chi connectivity index (χ4n) is 3.53. The topological polar surface area (TPSA) is 53.6 Å². The van der Waals surface area contributed by atoms with Crippen LogP contribution in [0.2, 0.25) is 0 Å². The quantitative estimate of drug-likeness (QED) is 0.632. The number of hydrogen-bond acceptors (Lipinski definition) is 4. The van der Waals surface area contributed by atoms with Crippen LogP contribution in [-0.2, 0) is 9.53 Å². The second kappa shape index (κ2) is 9.46. The van der Waals surface area contributed by atoms with Gasteiger partial charge in [-0.25, -0.2) is 0 Å². The van der Waals surface area contributed by atoms with Crippen molar-refractivity contribution in [2.24, 2.45) is 0 Å². The van der Waals surface area contributed by atoms with Crippen molar-refractivity contribution in [3.8, 4) is 11.1 Å². The first-order chi connectivity index (χ1) is 14.7. The number of morpholine rings is 1. The van der Waals surface area contributed by atoms with Gasteiger partial charge in [0.1, 0.15) is 6.04 Å². The van der Waals surface area contributed by atoms with Gasteiger partial charge in [0, 0.05) is 30.2 Å². The lowest BCUT2D eigenvalue weighted by molar-refractivity contribution is -0.116. The van der Waals surface area contributed by atoms with Crippen LogP contribution in [0.5, 0.6) is 0 Å². The second-order valence-electron chi connectivity index (χ2n) is 7.44. The van der Waals surface area contributed by atoms with Crippen molar-refractivity contribution in [2.75, 3.05) is 41.8 Å². The molecule has 0 radical (unpaired) electrons. The Kier molecular flexibility index (Phi) is 6.30. The molecule has 30 heavy (non-hydrogen) atoms. The number of hydrogen-bond donors (Lipinski definition) is 2. The van der Waals surface area contributed by atoms with Crippen LogP contribution in [0.15, 0.2) is 78.9 Å². The number of nitrogens with zero attached hydrogens (tertiary/aromatic N) is 1. The zero-order valence-corrected chi connectivity index (χ0v) is 17.2. The van der Waals surface area contributed by atoms with E-state index in [0.29, 0.717) is 0 Å². The molecule has 1 atom stereocenters. The fraction of sp³-hybridized carbons (Fsp3) is 0.240. The summed E-state index contributed by atoms with van der Waals surface area (Å²) in [6.07, 6.45) is 0. The SMILES string of the molecule is C[C@@H](Nc1ccc(-c2ccccc2)cc1)C(=O)Nc1ccc(N2CCOCC2)cc1. The van der Waals surface area contributed by atoms with Crippen molar-refractivity contribution >= 4 is 23.0 Å². The Morgan fingerprint density at radius 1 is 0.833 bits per heavy atom. The number of anilines is 3. The van der Waals surface area contributed by atoms with Crippen molar-refractivity contribution in [3.05, 3.63) is 78.9 Å². The van der Waals surface area contributed by atoms with E-state index in [1.54, 1.807) is 0 Å². The molecule has 0 aromatic heterocycles. The van der Waals surface area contributed by atoms with Gasteiger partial charge < -0.3 is 20.3 Å². The van der Waals surface area contributed by atoms with E-state index in [4.69, 9.17) is 4.74 Å². The minimum absolute atomic E-state index is 0.0683. The molecule has 0 saturated carbocycles. The summed E-state index contributed by atoms with van der Waals surface area (Å²) >= 11 is 0. The second-order valence-corrected chi connectivity index (χ2v) is 7.44. The standard InChI is InChI=1S/C25H27N3O2/c1-19(26-22-9-7-21(8-10-22)20-5-3-2-4-6-20)25(29)27-23-11-13-24(14-12-23)28-15-17-30-18-16-28/h2-14,19,26H,15-18H2,1H3,(H,27,29)/t19-/m1/s1. The summed E-state index contributed by atoms with van der Waals surface area (Å²) in [5, 5.41) is 6.25. The van der Waals surface area contributed by atoms with Crippen LogP contribution >= 0.6 is 0 Å². The number of carbonyl (C=O) groups excluding carboxylic acids is 1. The van der Waals surface area contributed by atoms with Crippen molar-refractivity contribution in [1.82, 2.24) is 0 Å². The summed E-state index contributed by atoms with van der Waals surface area (Å²) in [7, 11) is 0. The molecular weight excluding hydrogens is 374 g/mol. The van der Waals surface area contributed by atoms with Gasteiger partial charge >= 0.3 is 0 Å². The largest absolute Gasteiger partial charge is 0.378 e. The molecule has 0 aliphatic carbocycles. The summed E-state index contributed by atoms with van der Waals surface area (Å²) in [4.78, 5) is 14.9. The molecule has 1 aliphatic rings. The maximum absolute atomic E-state index is 12.6. The monoisotopic (exact) mass is 401 g/mol. The lowest BCUT2D eigenvalue weighted by Crippen LogP contribution is -2.36. The van der Waals surface area contributed by atoms with Crippen LogP contribution in [0.25, 0.3) is 11.1 Å². The summed E-state index contributed by atoms with van der Waals surface area (Å²) in [5.41, 5.74) is 5.19. The van der Waals surface area contributed by atoms with Gasteiger partial charge in [0.25, 0.3) is 0 Å². The molecule has 0 spiro atoms. The average Bonchev–Trinajstić information content (AvgIpc) is 2.81. The molecule has 154 valence electrons. The molecule has 3 aromatic rings. The van der Waals surface area contributed by atoms with E-state index in [-0.39, 0.29) is 11.9 Å². The van der Waals surface area contributed by atoms with E-state index >= 15 is 0 Å². The van der Waals surface area contributed by atoms with Gasteiger partial charge in [-0.2, -0.15) is 0 Å². The first-order valence-corrected chi connectivity index (χ1v) is 10.3. The third-order valence-electron chi connectivity index (χ3n) is 5.28. The van der Waals surface area contributed by atoms with Crippen LogP contribution in [0.1, 0.15) is 6.92 Å². The van der Waals surface area contributed by atoms with E-state index in [1.807, 2.05) is 61.5 Å². The summed E-state index contributed by atoms with van der Waals surface area (Å²) in [5.74, 6) is -0.0683. The van der Waals surface area contributed by atoms with Crippen LogP contribution < -0.4 is 15.5 Å². The van der Waals surface area contributed by atoms with Gasteiger partial charge in [-0.3, -0.25) is 4.79 Å². The maximum atomic E-state index is 12.6. The van der Waals surface area contributed by atoms with Crippen LogP contribution in [0, 0.1) is 0 Å². The third kappa shape index (κ3) is 4.99. The summed E-state index contributed by atoms with van der Waals surface area (Å²) < 4.78 is 5.40. The van der Waals surface area contributed by atoms with E-state index in [1.165, 1.54) is 5.56 Å². The van der Waals surface area contributed by atoms with Crippen LogP contribution in [0.4, 0.5) is 17.1 Å². The Morgan fingerprint density at radius 3 is 2.10 bits per heavy atom. The minimum Gasteiger partial charge on any atom is -0.378 e. The predicted molar refractivity (Wildman–Crippen MR) is 123 cm³/mol. The Bertz CT molecular complexity index is 950. The Balaban J connectivity index is 1.32. The highest BCUT2D eigenvalue weighted by molar-refractivity contribution is 5.96. The zero-order chi connectivity index (χ0) is 20.8. The number of ether oxygens (including phenoxy) is 1. The molecule has 2 N–H and O–H groups in total. The Hall–Kier alpha value is -3.31.